The van der Waals surface area contributed by atoms with Crippen LogP contribution in [0, 0.1) is 0 Å². The van der Waals surface area contributed by atoms with E-state index in [1.165, 1.54) is 0 Å². The Labute approximate surface area is 155 Å². The minimum Gasteiger partial charge on any atom is -0.497 e. The number of imide groups is 1. The van der Waals surface area contributed by atoms with Gasteiger partial charge in [-0.1, -0.05) is 24.3 Å². The predicted molar refractivity (Wildman–Crippen MR) is 101 cm³/mol. The maximum absolute atomic E-state index is 12.4. The highest BCUT2D eigenvalue weighted by molar-refractivity contribution is 5.88. The lowest BCUT2D eigenvalue weighted by atomic mass is 10.2. The molecule has 0 unspecified atom stereocenters. The van der Waals surface area contributed by atoms with Crippen LogP contribution in [0.2, 0.25) is 0 Å². The third-order valence-corrected chi connectivity index (χ3v) is 2.92. The highest BCUT2D eigenvalue weighted by atomic mass is 16.6. The van der Waals surface area contributed by atoms with Crippen LogP contribution < -0.4 is 4.74 Å². The van der Waals surface area contributed by atoms with Crippen molar-refractivity contribution in [1.29, 1.82) is 0 Å². The van der Waals surface area contributed by atoms with Crippen LogP contribution in [0.3, 0.4) is 0 Å². The molecule has 6 heteroatoms. The van der Waals surface area contributed by atoms with Crippen molar-refractivity contribution in [2.24, 2.45) is 0 Å². The van der Waals surface area contributed by atoms with E-state index in [9.17, 15) is 9.59 Å². The van der Waals surface area contributed by atoms with Gasteiger partial charge in [0.25, 0.3) is 0 Å². The van der Waals surface area contributed by atoms with E-state index in [0.29, 0.717) is 0 Å². The molecule has 0 heterocycles. The van der Waals surface area contributed by atoms with Gasteiger partial charge in [-0.3, -0.25) is 0 Å². The molecule has 0 fully saturated rings. The van der Waals surface area contributed by atoms with E-state index in [2.05, 4.69) is 0 Å². The van der Waals surface area contributed by atoms with Gasteiger partial charge in [-0.05, 0) is 59.2 Å². The molecule has 0 aromatic heterocycles. The molecule has 0 spiro atoms. The van der Waals surface area contributed by atoms with E-state index in [-0.39, 0.29) is 6.54 Å². The third-order valence-electron chi connectivity index (χ3n) is 2.92. The number of nitrogens with zero attached hydrogens (tertiary/aromatic N) is 1. The van der Waals surface area contributed by atoms with Crippen molar-refractivity contribution in [1.82, 2.24) is 4.90 Å². The number of methoxy groups -OCH3 is 1. The average Bonchev–Trinajstić information content (AvgIpc) is 2.48. The van der Waals surface area contributed by atoms with Gasteiger partial charge in [0.05, 0.1) is 13.7 Å². The van der Waals surface area contributed by atoms with Crippen molar-refractivity contribution in [2.45, 2.75) is 52.7 Å². The number of hydrogen-bond acceptors (Lipinski definition) is 5. The van der Waals surface area contributed by atoms with E-state index >= 15 is 0 Å². The van der Waals surface area contributed by atoms with E-state index in [1.54, 1.807) is 60.8 Å². The summed E-state index contributed by atoms with van der Waals surface area (Å²) in [5.41, 5.74) is -0.542. The van der Waals surface area contributed by atoms with Gasteiger partial charge in [-0.25, -0.2) is 14.5 Å². The number of amides is 2. The summed E-state index contributed by atoms with van der Waals surface area (Å²) in [6.07, 6.45) is 2.00. The smallest absolute Gasteiger partial charge is 0.420 e. The Bertz CT molecular complexity index is 625. The molecule has 1 aromatic carbocycles. The summed E-state index contributed by atoms with van der Waals surface area (Å²) in [6.45, 7) is 10.5. The summed E-state index contributed by atoms with van der Waals surface area (Å²) in [6, 6.07) is 7.44. The van der Waals surface area contributed by atoms with Crippen molar-refractivity contribution in [3.63, 3.8) is 0 Å². The number of carbonyl (C=O) groups is 2. The van der Waals surface area contributed by atoms with Gasteiger partial charge in [0.15, 0.2) is 0 Å². The van der Waals surface area contributed by atoms with Crippen LogP contribution in [0.25, 0.3) is 6.08 Å². The summed E-state index contributed by atoms with van der Waals surface area (Å²) in [5.74, 6) is 0.725. The van der Waals surface area contributed by atoms with Gasteiger partial charge in [0, 0.05) is 0 Å². The van der Waals surface area contributed by atoms with Gasteiger partial charge >= 0.3 is 12.2 Å². The Kier molecular flexibility index (Phi) is 7.24. The molecule has 0 aliphatic heterocycles. The Morgan fingerprint density at radius 2 is 1.54 bits per heavy atom. The number of benzene rings is 1. The standard InChI is InChI=1S/C20H29NO5/c1-19(2,3)25-17(22)21(18(23)26-20(4,5)6)13-9-11-15-10-8-12-16(14-15)24-7/h8-12,14H,13H2,1-7H3/b11-9+. The van der Waals surface area contributed by atoms with Crippen LogP contribution in [0.1, 0.15) is 47.1 Å². The summed E-state index contributed by atoms with van der Waals surface area (Å²) < 4.78 is 15.8. The zero-order chi connectivity index (χ0) is 20.0. The molecule has 6 nitrogen and oxygen atoms in total. The summed E-state index contributed by atoms with van der Waals surface area (Å²) in [7, 11) is 1.59. The van der Waals surface area contributed by atoms with E-state index in [4.69, 9.17) is 14.2 Å². The predicted octanol–water partition coefficient (Wildman–Crippen LogP) is 4.88. The minimum absolute atomic E-state index is 0.0288. The number of rotatable bonds is 4. The molecule has 0 radical (unpaired) electrons. The molecule has 0 N–H and O–H groups in total. The first-order valence-electron chi connectivity index (χ1n) is 8.45. The summed E-state index contributed by atoms with van der Waals surface area (Å²) in [4.78, 5) is 25.7. The lowest BCUT2D eigenvalue weighted by Gasteiger charge is -2.28. The van der Waals surface area contributed by atoms with Crippen LogP contribution in [-0.4, -0.2) is 41.9 Å². The first-order valence-corrected chi connectivity index (χ1v) is 8.45. The molecule has 0 atom stereocenters. The first kappa shape index (κ1) is 21.5. The Morgan fingerprint density at radius 3 is 2.00 bits per heavy atom. The molecule has 0 bridgehead atoms. The molecule has 0 aliphatic rings. The zero-order valence-corrected chi connectivity index (χ0v) is 16.7. The molecular formula is C20H29NO5. The molecule has 1 rings (SSSR count). The van der Waals surface area contributed by atoms with E-state index in [0.717, 1.165) is 16.2 Å². The quantitative estimate of drug-likeness (QED) is 0.763. The normalized spacial score (nSPS) is 12.0. The lowest BCUT2D eigenvalue weighted by molar-refractivity contribution is 0.00377. The fraction of sp³-hybridized carbons (Fsp3) is 0.500. The average molecular weight is 363 g/mol. The molecule has 26 heavy (non-hydrogen) atoms. The van der Waals surface area contributed by atoms with Crippen LogP contribution in [0.4, 0.5) is 9.59 Å². The van der Waals surface area contributed by atoms with Gasteiger partial charge < -0.3 is 14.2 Å². The zero-order valence-electron chi connectivity index (χ0n) is 16.7. The minimum atomic E-state index is -0.748. The number of ether oxygens (including phenoxy) is 3. The van der Waals surface area contributed by atoms with E-state index in [1.807, 2.05) is 24.3 Å². The maximum atomic E-state index is 12.4. The molecule has 144 valence electrons. The Morgan fingerprint density at radius 1 is 1.00 bits per heavy atom. The van der Waals surface area contributed by atoms with E-state index < -0.39 is 23.4 Å². The Balaban J connectivity index is 2.91. The second-order valence-corrected chi connectivity index (χ2v) is 7.75. The summed E-state index contributed by atoms with van der Waals surface area (Å²) in [5, 5.41) is 0. The van der Waals surface area contributed by atoms with Crippen molar-refractivity contribution < 1.29 is 23.8 Å². The molecule has 0 saturated carbocycles. The number of hydrogen-bond donors (Lipinski definition) is 0. The van der Waals surface area contributed by atoms with Crippen LogP contribution in [0.5, 0.6) is 5.75 Å². The molecular weight excluding hydrogens is 334 g/mol. The SMILES string of the molecule is COc1cccc(/C=C/CN(C(=O)OC(C)(C)C)C(=O)OC(C)(C)C)c1. The van der Waals surface area contributed by atoms with Gasteiger partial charge in [-0.2, -0.15) is 0 Å². The molecule has 1 aromatic rings. The maximum Gasteiger partial charge on any atom is 0.420 e. The fourth-order valence-electron chi connectivity index (χ4n) is 1.90. The summed E-state index contributed by atoms with van der Waals surface area (Å²) >= 11 is 0. The number of carbonyl (C=O) groups excluding carboxylic acids is 2. The van der Waals surface area contributed by atoms with Crippen molar-refractivity contribution in [3.05, 3.63) is 35.9 Å². The van der Waals surface area contributed by atoms with Crippen LogP contribution in [-0.2, 0) is 9.47 Å². The highest BCUT2D eigenvalue weighted by Gasteiger charge is 2.30. The van der Waals surface area contributed by atoms with Gasteiger partial charge in [-0.15, -0.1) is 0 Å². The van der Waals surface area contributed by atoms with Crippen molar-refractivity contribution >= 4 is 18.3 Å². The van der Waals surface area contributed by atoms with Gasteiger partial charge in [0.2, 0.25) is 0 Å². The first-order chi connectivity index (χ1) is 11.9. The van der Waals surface area contributed by atoms with Crippen molar-refractivity contribution in [3.8, 4) is 5.75 Å². The topological polar surface area (TPSA) is 65.1 Å². The largest absolute Gasteiger partial charge is 0.497 e. The molecule has 2 amide bonds. The monoisotopic (exact) mass is 363 g/mol. The van der Waals surface area contributed by atoms with Gasteiger partial charge in [0.1, 0.15) is 17.0 Å². The molecule has 0 aliphatic carbocycles. The van der Waals surface area contributed by atoms with Crippen LogP contribution in [0.15, 0.2) is 30.3 Å². The lowest BCUT2D eigenvalue weighted by Crippen LogP contribution is -2.43. The molecule has 0 saturated heterocycles. The van der Waals surface area contributed by atoms with Crippen LogP contribution >= 0.6 is 0 Å². The second-order valence-electron chi connectivity index (χ2n) is 7.75. The third kappa shape index (κ3) is 8.05. The highest BCUT2D eigenvalue weighted by Crippen LogP contribution is 2.16. The Hall–Kier alpha value is -2.50. The fourth-order valence-corrected chi connectivity index (χ4v) is 1.90. The van der Waals surface area contributed by atoms with Crippen molar-refractivity contribution in [2.75, 3.05) is 13.7 Å². The second kappa shape index (κ2) is 8.74.